The maximum Gasteiger partial charge on any atom is 0.226 e. The summed E-state index contributed by atoms with van der Waals surface area (Å²) in [7, 11) is 0. The normalized spacial score (nSPS) is 26.7. The number of aromatic nitrogens is 3. The summed E-state index contributed by atoms with van der Waals surface area (Å²) in [6, 6.07) is 3.85. The number of anilines is 1. The molecule has 26 heavy (non-hydrogen) atoms. The van der Waals surface area contributed by atoms with Gasteiger partial charge in [0.15, 0.2) is 5.65 Å². The summed E-state index contributed by atoms with van der Waals surface area (Å²) in [4.78, 5) is 21.5. The lowest BCUT2D eigenvalue weighted by atomic mass is 9.79. The molecule has 0 spiro atoms. The van der Waals surface area contributed by atoms with Crippen LogP contribution in [0.5, 0.6) is 0 Å². The fourth-order valence-corrected chi connectivity index (χ4v) is 4.09. The lowest BCUT2D eigenvalue weighted by Crippen LogP contribution is -2.29. The van der Waals surface area contributed by atoms with E-state index in [0.717, 1.165) is 36.8 Å². The zero-order valence-corrected chi connectivity index (χ0v) is 15.7. The molecule has 0 radical (unpaired) electrons. The van der Waals surface area contributed by atoms with Gasteiger partial charge in [-0.05, 0) is 69.9 Å². The molecule has 5 nitrogen and oxygen atoms in total. The highest BCUT2D eigenvalue weighted by atomic mass is 35.5. The Balaban J connectivity index is 1.50. The average Bonchev–Trinajstić information content (AvgIpc) is 2.85. The van der Waals surface area contributed by atoms with E-state index in [2.05, 4.69) is 15.3 Å². The topological polar surface area (TPSA) is 59.8 Å². The Morgan fingerprint density at radius 3 is 2.69 bits per heavy atom. The molecule has 0 aliphatic heterocycles. The number of pyridine rings is 1. The Bertz CT molecular complexity index is 820. The predicted octanol–water partition coefficient (Wildman–Crippen LogP) is 5.06. The number of nitrogens with one attached hydrogen (secondary N) is 1. The van der Waals surface area contributed by atoms with Crippen molar-refractivity contribution in [2.45, 2.75) is 70.0 Å². The van der Waals surface area contributed by atoms with E-state index < -0.39 is 5.67 Å². The van der Waals surface area contributed by atoms with Crippen LogP contribution in [-0.2, 0) is 4.79 Å². The first-order valence-corrected chi connectivity index (χ1v) is 9.82. The second-order valence-corrected chi connectivity index (χ2v) is 8.36. The SMILES string of the molecule is CC1(F)CCC(CC(=O)Nc2nc3ccc(Cl)nc3n2C2CCC2)CC1. The maximum absolute atomic E-state index is 13.9. The molecule has 2 fully saturated rings. The summed E-state index contributed by atoms with van der Waals surface area (Å²) in [5.74, 6) is 0.739. The van der Waals surface area contributed by atoms with Crippen molar-refractivity contribution in [3.8, 4) is 0 Å². The van der Waals surface area contributed by atoms with Crippen molar-refractivity contribution in [1.29, 1.82) is 0 Å². The molecule has 1 N–H and O–H groups in total. The molecule has 0 atom stereocenters. The van der Waals surface area contributed by atoms with Crippen molar-refractivity contribution in [3.63, 3.8) is 0 Å². The van der Waals surface area contributed by atoms with E-state index >= 15 is 0 Å². The van der Waals surface area contributed by atoms with E-state index in [1.54, 1.807) is 13.0 Å². The second kappa shape index (κ2) is 6.80. The summed E-state index contributed by atoms with van der Waals surface area (Å²) in [5.41, 5.74) is 0.390. The van der Waals surface area contributed by atoms with Gasteiger partial charge in [0, 0.05) is 12.5 Å². The van der Waals surface area contributed by atoms with Crippen LogP contribution in [0.4, 0.5) is 10.3 Å². The van der Waals surface area contributed by atoms with Gasteiger partial charge in [0.25, 0.3) is 0 Å². The molecule has 0 saturated heterocycles. The highest BCUT2D eigenvalue weighted by molar-refractivity contribution is 6.29. The summed E-state index contributed by atoms with van der Waals surface area (Å²) in [5, 5.41) is 3.40. The van der Waals surface area contributed by atoms with Gasteiger partial charge in [-0.2, -0.15) is 0 Å². The smallest absolute Gasteiger partial charge is 0.226 e. The van der Waals surface area contributed by atoms with Crippen LogP contribution in [-0.4, -0.2) is 26.1 Å². The molecule has 2 aliphatic carbocycles. The van der Waals surface area contributed by atoms with E-state index in [-0.39, 0.29) is 11.8 Å². The third kappa shape index (κ3) is 3.56. The van der Waals surface area contributed by atoms with E-state index in [9.17, 15) is 9.18 Å². The minimum absolute atomic E-state index is 0.0561. The molecule has 4 rings (SSSR count). The number of rotatable bonds is 4. The number of nitrogens with zero attached hydrogens (tertiary/aromatic N) is 3. The van der Waals surface area contributed by atoms with Crippen LogP contribution in [0.25, 0.3) is 11.2 Å². The van der Waals surface area contributed by atoms with Crippen molar-refractivity contribution in [1.82, 2.24) is 14.5 Å². The minimum Gasteiger partial charge on any atom is -0.296 e. The summed E-state index contributed by atoms with van der Waals surface area (Å²) in [6.45, 7) is 1.66. The number of hydrogen-bond acceptors (Lipinski definition) is 3. The van der Waals surface area contributed by atoms with Gasteiger partial charge in [0.05, 0.1) is 0 Å². The largest absolute Gasteiger partial charge is 0.296 e. The Kier molecular flexibility index (Phi) is 4.63. The van der Waals surface area contributed by atoms with Gasteiger partial charge in [-0.25, -0.2) is 14.4 Å². The first kappa shape index (κ1) is 17.7. The monoisotopic (exact) mass is 378 g/mol. The van der Waals surface area contributed by atoms with Crippen LogP contribution < -0.4 is 5.32 Å². The standard InChI is InChI=1S/C19H24ClFN4O/c1-19(21)9-7-12(8-10-19)11-16(26)24-18-22-14-5-6-15(20)23-17(14)25(18)13-3-2-4-13/h5-6,12-13H,2-4,7-11H2,1H3,(H,22,24,26). The number of fused-ring (bicyclic) bond motifs is 1. The highest BCUT2D eigenvalue weighted by Crippen LogP contribution is 2.38. The van der Waals surface area contributed by atoms with Gasteiger partial charge >= 0.3 is 0 Å². The zero-order valence-electron chi connectivity index (χ0n) is 15.0. The highest BCUT2D eigenvalue weighted by Gasteiger charge is 2.32. The number of halogens is 2. The first-order valence-electron chi connectivity index (χ1n) is 9.44. The number of amides is 1. The summed E-state index contributed by atoms with van der Waals surface area (Å²) < 4.78 is 16.0. The van der Waals surface area contributed by atoms with Crippen molar-refractivity contribution in [2.24, 2.45) is 5.92 Å². The maximum atomic E-state index is 13.9. The Hall–Kier alpha value is -1.69. The van der Waals surface area contributed by atoms with Gasteiger partial charge < -0.3 is 0 Å². The van der Waals surface area contributed by atoms with Crippen molar-refractivity contribution < 1.29 is 9.18 Å². The molecule has 140 valence electrons. The molecule has 2 aromatic heterocycles. The zero-order chi connectivity index (χ0) is 18.3. The molecule has 2 heterocycles. The quantitative estimate of drug-likeness (QED) is 0.756. The molecule has 0 bridgehead atoms. The van der Waals surface area contributed by atoms with E-state index in [4.69, 9.17) is 11.6 Å². The molecule has 2 aliphatic rings. The van der Waals surface area contributed by atoms with Gasteiger partial charge in [0.2, 0.25) is 11.9 Å². The molecule has 7 heteroatoms. The second-order valence-electron chi connectivity index (χ2n) is 7.98. The first-order chi connectivity index (χ1) is 12.4. The van der Waals surface area contributed by atoms with Crippen LogP contribution in [0.2, 0.25) is 5.15 Å². The molecular formula is C19H24ClFN4O. The van der Waals surface area contributed by atoms with E-state index in [1.807, 2.05) is 10.6 Å². The van der Waals surface area contributed by atoms with Crippen molar-refractivity contribution in [3.05, 3.63) is 17.3 Å². The molecule has 2 aromatic rings. The number of hydrogen-bond donors (Lipinski definition) is 1. The fraction of sp³-hybridized carbons (Fsp3) is 0.632. The predicted molar refractivity (Wildman–Crippen MR) is 100 cm³/mol. The number of carbonyl (C=O) groups is 1. The summed E-state index contributed by atoms with van der Waals surface area (Å²) in [6.07, 6.45) is 6.29. The van der Waals surface area contributed by atoms with Crippen LogP contribution >= 0.6 is 11.6 Å². The number of carbonyl (C=O) groups excluding carboxylic acids is 1. The van der Waals surface area contributed by atoms with E-state index in [0.29, 0.717) is 36.4 Å². The number of alkyl halides is 1. The average molecular weight is 379 g/mol. The molecular weight excluding hydrogens is 355 g/mol. The van der Waals surface area contributed by atoms with Crippen LogP contribution in [0.1, 0.15) is 64.3 Å². The van der Waals surface area contributed by atoms with Crippen LogP contribution in [0, 0.1) is 5.92 Å². The molecule has 1 amide bonds. The number of imidazole rings is 1. The lowest BCUT2D eigenvalue weighted by molar-refractivity contribution is -0.117. The molecule has 0 aromatic carbocycles. The van der Waals surface area contributed by atoms with Gasteiger partial charge in [0.1, 0.15) is 16.3 Å². The minimum atomic E-state index is -1.07. The Morgan fingerprint density at radius 1 is 1.31 bits per heavy atom. The fourth-order valence-electron chi connectivity index (χ4n) is 3.95. The molecule has 0 unspecified atom stereocenters. The van der Waals surface area contributed by atoms with Crippen molar-refractivity contribution in [2.75, 3.05) is 5.32 Å². The summed E-state index contributed by atoms with van der Waals surface area (Å²) >= 11 is 6.05. The molecule has 2 saturated carbocycles. The van der Waals surface area contributed by atoms with E-state index in [1.165, 1.54) is 6.42 Å². The Labute approximate surface area is 157 Å². The third-order valence-electron chi connectivity index (χ3n) is 5.82. The van der Waals surface area contributed by atoms with Crippen molar-refractivity contribution >= 4 is 34.6 Å². The van der Waals surface area contributed by atoms with Crippen LogP contribution in [0.15, 0.2) is 12.1 Å². The Morgan fingerprint density at radius 2 is 2.04 bits per heavy atom. The van der Waals surface area contributed by atoms with Gasteiger partial charge in [-0.1, -0.05) is 11.6 Å². The van der Waals surface area contributed by atoms with Gasteiger partial charge in [-0.15, -0.1) is 0 Å². The third-order valence-corrected chi connectivity index (χ3v) is 6.03. The van der Waals surface area contributed by atoms with Crippen LogP contribution in [0.3, 0.4) is 0 Å². The lowest BCUT2D eigenvalue weighted by Gasteiger charge is -2.31. The van der Waals surface area contributed by atoms with Gasteiger partial charge in [-0.3, -0.25) is 14.7 Å².